The standard InChI is InChI=1S/C18H16O/c1-3-4-5-7-14(2)17-9-6-8-16-12-15(13-19)10-11-18(16)17/h3-13H,2H2,1H3/b4-3-,7-5-. The van der Waals surface area contributed by atoms with E-state index in [0.29, 0.717) is 5.56 Å². The van der Waals surface area contributed by atoms with E-state index in [4.69, 9.17) is 0 Å². The molecule has 0 spiro atoms. The van der Waals surface area contributed by atoms with Gasteiger partial charge < -0.3 is 0 Å². The monoisotopic (exact) mass is 248 g/mol. The fourth-order valence-electron chi connectivity index (χ4n) is 2.03. The molecule has 0 aromatic heterocycles. The maximum atomic E-state index is 10.8. The molecule has 0 radical (unpaired) electrons. The molecule has 0 N–H and O–H groups in total. The summed E-state index contributed by atoms with van der Waals surface area (Å²) in [6.45, 7) is 6.08. The van der Waals surface area contributed by atoms with Gasteiger partial charge in [-0.1, -0.05) is 61.2 Å². The molecule has 2 aromatic rings. The normalized spacial score (nSPS) is 11.4. The molecule has 19 heavy (non-hydrogen) atoms. The van der Waals surface area contributed by atoms with Gasteiger partial charge in [-0.25, -0.2) is 0 Å². The van der Waals surface area contributed by atoms with Gasteiger partial charge in [0.25, 0.3) is 0 Å². The molecule has 1 nitrogen and oxygen atoms in total. The fraction of sp³-hybridized carbons (Fsp3) is 0.0556. The molecule has 0 amide bonds. The minimum absolute atomic E-state index is 0.694. The van der Waals surface area contributed by atoms with Gasteiger partial charge in [-0.15, -0.1) is 0 Å². The molecule has 0 aliphatic heterocycles. The highest BCUT2D eigenvalue weighted by Gasteiger charge is 2.03. The van der Waals surface area contributed by atoms with Crippen LogP contribution in [0.1, 0.15) is 22.8 Å². The highest BCUT2D eigenvalue weighted by Crippen LogP contribution is 2.25. The van der Waals surface area contributed by atoms with Crippen LogP contribution in [0.4, 0.5) is 0 Å². The summed E-state index contributed by atoms with van der Waals surface area (Å²) in [5.41, 5.74) is 2.75. The zero-order valence-corrected chi connectivity index (χ0v) is 11.0. The topological polar surface area (TPSA) is 17.1 Å². The molecule has 0 aliphatic carbocycles. The minimum atomic E-state index is 0.694. The molecule has 0 bridgehead atoms. The van der Waals surface area contributed by atoms with Gasteiger partial charge >= 0.3 is 0 Å². The third-order valence-corrected chi connectivity index (χ3v) is 2.99. The zero-order valence-electron chi connectivity index (χ0n) is 11.0. The van der Waals surface area contributed by atoms with Crippen molar-refractivity contribution in [3.05, 3.63) is 78.4 Å². The Labute approximate surface area is 113 Å². The van der Waals surface area contributed by atoms with Crippen LogP contribution in [0.15, 0.2) is 67.3 Å². The predicted molar refractivity (Wildman–Crippen MR) is 82.3 cm³/mol. The fourth-order valence-corrected chi connectivity index (χ4v) is 2.03. The molecule has 94 valence electrons. The first-order chi connectivity index (χ1) is 9.26. The predicted octanol–water partition coefficient (Wildman–Crippen LogP) is 4.80. The van der Waals surface area contributed by atoms with Crippen LogP contribution in [-0.2, 0) is 0 Å². The molecular weight excluding hydrogens is 232 g/mol. The maximum absolute atomic E-state index is 10.8. The molecule has 2 aromatic carbocycles. The van der Waals surface area contributed by atoms with Crippen LogP contribution in [0.3, 0.4) is 0 Å². The van der Waals surface area contributed by atoms with Crippen LogP contribution in [0.25, 0.3) is 16.3 Å². The van der Waals surface area contributed by atoms with Crippen LogP contribution in [-0.4, -0.2) is 6.29 Å². The number of carbonyl (C=O) groups is 1. The van der Waals surface area contributed by atoms with Crippen molar-refractivity contribution in [3.8, 4) is 0 Å². The van der Waals surface area contributed by atoms with Crippen molar-refractivity contribution in [1.82, 2.24) is 0 Å². The molecule has 2 rings (SSSR count). The lowest BCUT2D eigenvalue weighted by molar-refractivity contribution is 0.112. The van der Waals surface area contributed by atoms with E-state index < -0.39 is 0 Å². The van der Waals surface area contributed by atoms with E-state index in [1.54, 1.807) is 0 Å². The molecular formula is C18H16O. The van der Waals surface area contributed by atoms with E-state index in [9.17, 15) is 4.79 Å². The van der Waals surface area contributed by atoms with Gasteiger partial charge in [0, 0.05) is 5.56 Å². The Hall–Kier alpha value is -2.41. The Kier molecular flexibility index (Phi) is 4.09. The second kappa shape index (κ2) is 5.96. The first kappa shape index (κ1) is 13.0. The smallest absolute Gasteiger partial charge is 0.150 e. The molecule has 1 heteroatoms. The molecule has 0 saturated carbocycles. The quantitative estimate of drug-likeness (QED) is 0.561. The van der Waals surface area contributed by atoms with Gasteiger partial charge in [-0.2, -0.15) is 0 Å². The number of allylic oxidation sites excluding steroid dienone is 5. The minimum Gasteiger partial charge on any atom is -0.298 e. The molecule has 0 fully saturated rings. The highest BCUT2D eigenvalue weighted by molar-refractivity contribution is 5.97. The molecule has 0 aliphatic rings. The van der Waals surface area contributed by atoms with E-state index >= 15 is 0 Å². The molecule has 0 unspecified atom stereocenters. The number of hydrogen-bond donors (Lipinski definition) is 0. The SMILES string of the molecule is C=C(/C=C\C=C/C)c1cccc2cc(C=O)ccc12. The first-order valence-electron chi connectivity index (χ1n) is 6.23. The lowest BCUT2D eigenvalue weighted by atomic mass is 9.97. The van der Waals surface area contributed by atoms with Gasteiger partial charge in [0.1, 0.15) is 6.29 Å². The second-order valence-electron chi connectivity index (χ2n) is 4.31. The van der Waals surface area contributed by atoms with Gasteiger partial charge in [0.2, 0.25) is 0 Å². The number of rotatable bonds is 4. The van der Waals surface area contributed by atoms with Crippen molar-refractivity contribution in [3.63, 3.8) is 0 Å². The third-order valence-electron chi connectivity index (χ3n) is 2.99. The van der Waals surface area contributed by atoms with E-state index in [2.05, 4.69) is 6.58 Å². The van der Waals surface area contributed by atoms with E-state index in [1.807, 2.05) is 67.6 Å². The van der Waals surface area contributed by atoms with Crippen LogP contribution in [0.5, 0.6) is 0 Å². The van der Waals surface area contributed by atoms with Crippen LogP contribution in [0, 0.1) is 0 Å². The number of benzene rings is 2. The highest BCUT2D eigenvalue weighted by atomic mass is 16.1. The van der Waals surface area contributed by atoms with Crippen molar-refractivity contribution >= 4 is 22.6 Å². The largest absolute Gasteiger partial charge is 0.298 e. The maximum Gasteiger partial charge on any atom is 0.150 e. The summed E-state index contributed by atoms with van der Waals surface area (Å²) >= 11 is 0. The Bertz CT molecular complexity index is 675. The van der Waals surface area contributed by atoms with Crippen LogP contribution < -0.4 is 0 Å². The summed E-state index contributed by atoms with van der Waals surface area (Å²) in [6, 6.07) is 11.8. The van der Waals surface area contributed by atoms with E-state index in [0.717, 1.165) is 28.2 Å². The van der Waals surface area contributed by atoms with Gasteiger partial charge in [0.15, 0.2) is 0 Å². The number of aldehydes is 1. The number of carbonyl (C=O) groups excluding carboxylic acids is 1. The molecule has 0 saturated heterocycles. The molecule has 0 heterocycles. The Balaban J connectivity index is 2.49. The Morgan fingerprint density at radius 1 is 1.16 bits per heavy atom. The van der Waals surface area contributed by atoms with Crippen molar-refractivity contribution < 1.29 is 4.79 Å². The summed E-state index contributed by atoms with van der Waals surface area (Å²) in [4.78, 5) is 10.8. The summed E-state index contributed by atoms with van der Waals surface area (Å²) in [7, 11) is 0. The van der Waals surface area contributed by atoms with Crippen molar-refractivity contribution in [1.29, 1.82) is 0 Å². The Morgan fingerprint density at radius 2 is 2.00 bits per heavy atom. The third kappa shape index (κ3) is 2.89. The van der Waals surface area contributed by atoms with Gasteiger partial charge in [0.05, 0.1) is 0 Å². The van der Waals surface area contributed by atoms with Gasteiger partial charge in [-0.3, -0.25) is 4.79 Å². The lowest BCUT2D eigenvalue weighted by Gasteiger charge is -2.07. The summed E-state index contributed by atoms with van der Waals surface area (Å²) in [6.07, 6.45) is 8.78. The van der Waals surface area contributed by atoms with E-state index in [-0.39, 0.29) is 0 Å². The summed E-state index contributed by atoms with van der Waals surface area (Å²) in [5.74, 6) is 0. The van der Waals surface area contributed by atoms with Crippen molar-refractivity contribution in [2.45, 2.75) is 6.92 Å². The average molecular weight is 248 g/mol. The summed E-state index contributed by atoms with van der Waals surface area (Å²) in [5, 5.41) is 2.17. The van der Waals surface area contributed by atoms with Crippen molar-refractivity contribution in [2.75, 3.05) is 0 Å². The van der Waals surface area contributed by atoms with Crippen LogP contribution in [0.2, 0.25) is 0 Å². The van der Waals surface area contributed by atoms with Crippen molar-refractivity contribution in [2.24, 2.45) is 0 Å². The average Bonchev–Trinajstić information content (AvgIpc) is 2.46. The first-order valence-corrected chi connectivity index (χ1v) is 6.23. The summed E-state index contributed by atoms with van der Waals surface area (Å²) < 4.78 is 0. The second-order valence-corrected chi connectivity index (χ2v) is 4.31. The number of fused-ring (bicyclic) bond motifs is 1. The molecule has 0 atom stereocenters. The van der Waals surface area contributed by atoms with E-state index in [1.165, 1.54) is 0 Å². The number of hydrogen-bond acceptors (Lipinski definition) is 1. The zero-order chi connectivity index (χ0) is 13.7. The van der Waals surface area contributed by atoms with Crippen LogP contribution >= 0.6 is 0 Å². The lowest BCUT2D eigenvalue weighted by Crippen LogP contribution is -1.85. The van der Waals surface area contributed by atoms with Gasteiger partial charge in [-0.05, 0) is 34.9 Å². The Morgan fingerprint density at radius 3 is 2.74 bits per heavy atom.